The maximum absolute atomic E-state index is 14.0. The first-order valence-corrected chi connectivity index (χ1v) is 29.5. The molecule has 1 saturated heterocycles. The Balaban J connectivity index is 1.75. The lowest BCUT2D eigenvalue weighted by molar-refractivity contribution is -0.147. The molecule has 8 heteroatoms. The van der Waals surface area contributed by atoms with Gasteiger partial charge < -0.3 is 24.6 Å². The maximum atomic E-state index is 14.0. The second-order valence-corrected chi connectivity index (χ2v) is 21.3. The largest absolute Gasteiger partial charge is 0.465 e. The number of unbranched alkanes of at least 4 members (excludes halogenated alkanes) is 26. The average Bonchev–Trinajstić information content (AvgIpc) is 3.60. The summed E-state index contributed by atoms with van der Waals surface area (Å²) < 4.78 is 11.9. The maximum Gasteiger partial charge on any atom is 0.320 e. The molecule has 2 amide bonds. The molecule has 8 nitrogen and oxygen atoms in total. The highest BCUT2D eigenvalue weighted by molar-refractivity contribution is 5.75. The SMILES string of the molecule is CCCCCCCCCC(CCCCCCCCC)COC(=O)CCCCCCCN(C(=O)N1CCCNCC1)C1CC(CC(=O)OCC(CCCCCCCC)CCCCCCCC)C1. The Morgan fingerprint density at radius 3 is 1.38 bits per heavy atom. The molecule has 1 aliphatic heterocycles. The zero-order chi connectivity index (χ0) is 47.6. The van der Waals surface area contributed by atoms with E-state index in [9.17, 15) is 14.4 Å². The summed E-state index contributed by atoms with van der Waals surface area (Å²) >= 11 is 0. The molecule has 0 aromatic heterocycles. The molecule has 0 spiro atoms. The highest BCUT2D eigenvalue weighted by atomic mass is 16.5. The Morgan fingerprint density at radius 2 is 0.909 bits per heavy atom. The highest BCUT2D eigenvalue weighted by Crippen LogP contribution is 2.36. The van der Waals surface area contributed by atoms with Gasteiger partial charge in [0.2, 0.25) is 0 Å². The van der Waals surface area contributed by atoms with E-state index in [4.69, 9.17) is 9.47 Å². The second kappa shape index (κ2) is 43.2. The number of carbonyl (C=O) groups is 3. The van der Waals surface area contributed by atoms with Gasteiger partial charge in [-0.15, -0.1) is 0 Å². The molecule has 388 valence electrons. The molecule has 1 saturated carbocycles. The van der Waals surface area contributed by atoms with Crippen molar-refractivity contribution in [1.82, 2.24) is 15.1 Å². The smallest absolute Gasteiger partial charge is 0.320 e. The summed E-state index contributed by atoms with van der Waals surface area (Å²) in [5.74, 6) is 1.23. The van der Waals surface area contributed by atoms with Gasteiger partial charge in [0.15, 0.2) is 0 Å². The molecule has 1 N–H and O–H groups in total. The van der Waals surface area contributed by atoms with Crippen LogP contribution in [0.3, 0.4) is 0 Å². The Morgan fingerprint density at radius 1 is 0.500 bits per heavy atom. The van der Waals surface area contributed by atoms with E-state index in [0.29, 0.717) is 43.8 Å². The number of nitrogens with one attached hydrogen (secondary N) is 1. The van der Waals surface area contributed by atoms with Gasteiger partial charge in [-0.1, -0.05) is 214 Å². The average molecular weight is 931 g/mol. The van der Waals surface area contributed by atoms with Crippen LogP contribution in [0.25, 0.3) is 0 Å². The van der Waals surface area contributed by atoms with E-state index in [-0.39, 0.29) is 24.0 Å². The van der Waals surface area contributed by atoms with Crippen molar-refractivity contribution in [2.45, 2.75) is 291 Å². The lowest BCUT2D eigenvalue weighted by Gasteiger charge is -2.44. The van der Waals surface area contributed by atoms with Crippen LogP contribution in [-0.2, 0) is 19.1 Å². The van der Waals surface area contributed by atoms with Gasteiger partial charge in [0.1, 0.15) is 0 Å². The first-order valence-electron chi connectivity index (χ1n) is 29.5. The molecule has 0 aromatic rings. The molecule has 66 heavy (non-hydrogen) atoms. The Kier molecular flexibility index (Phi) is 39.5. The van der Waals surface area contributed by atoms with E-state index in [0.717, 1.165) is 84.1 Å². The summed E-state index contributed by atoms with van der Waals surface area (Å²) in [5, 5.41) is 3.45. The van der Waals surface area contributed by atoms with Crippen molar-refractivity contribution < 1.29 is 23.9 Å². The Hall–Kier alpha value is -1.83. The van der Waals surface area contributed by atoms with Crippen molar-refractivity contribution in [3.63, 3.8) is 0 Å². The number of carbonyl (C=O) groups excluding carboxylic acids is 3. The quantitative estimate of drug-likeness (QED) is 0.0483. The van der Waals surface area contributed by atoms with Crippen molar-refractivity contribution in [2.24, 2.45) is 17.8 Å². The molecule has 1 aliphatic carbocycles. The fraction of sp³-hybridized carbons (Fsp3) is 0.948. The third-order valence-electron chi connectivity index (χ3n) is 15.1. The number of esters is 2. The monoisotopic (exact) mass is 930 g/mol. The van der Waals surface area contributed by atoms with Crippen LogP contribution in [0.5, 0.6) is 0 Å². The van der Waals surface area contributed by atoms with Crippen LogP contribution in [0.2, 0.25) is 0 Å². The lowest BCUT2D eigenvalue weighted by atomic mass is 9.77. The molecule has 2 rings (SSSR count). The number of ether oxygens (including phenoxy) is 2. The minimum Gasteiger partial charge on any atom is -0.465 e. The number of hydrogen-bond acceptors (Lipinski definition) is 6. The van der Waals surface area contributed by atoms with E-state index < -0.39 is 0 Å². The Labute approximate surface area is 409 Å². The van der Waals surface area contributed by atoms with Crippen LogP contribution in [0, 0.1) is 17.8 Å². The van der Waals surface area contributed by atoms with Gasteiger partial charge in [-0.2, -0.15) is 0 Å². The van der Waals surface area contributed by atoms with Gasteiger partial charge in [0.05, 0.1) is 13.2 Å². The number of nitrogens with zero attached hydrogens (tertiary/aromatic N) is 2. The summed E-state index contributed by atoms with van der Waals surface area (Å²) in [6.07, 6.45) is 47.7. The van der Waals surface area contributed by atoms with E-state index in [1.165, 1.54) is 193 Å². The first kappa shape index (κ1) is 60.3. The fourth-order valence-corrected chi connectivity index (χ4v) is 10.5. The van der Waals surface area contributed by atoms with Crippen LogP contribution >= 0.6 is 0 Å². The summed E-state index contributed by atoms with van der Waals surface area (Å²) in [7, 11) is 0. The molecule has 0 bridgehead atoms. The Bertz CT molecular complexity index is 1090. The van der Waals surface area contributed by atoms with Crippen LogP contribution in [0.1, 0.15) is 285 Å². The standard InChI is InChI=1S/C58H111N3O5/c1-5-9-13-17-21-26-32-37-52(38-33-27-22-18-14-10-6-2)50-65-56(62)41-34-28-23-29-35-45-61(58(64)60-44-36-42-59-43-46-60)55-47-54(48-55)49-57(63)66-51-53(39-30-24-19-15-11-7-3)40-31-25-20-16-12-8-4/h52-55,59H,5-51H2,1-4H3. The number of rotatable bonds is 45. The number of hydrogen-bond donors (Lipinski definition) is 1. The van der Waals surface area contributed by atoms with Gasteiger partial charge in [0, 0.05) is 45.1 Å². The predicted octanol–water partition coefficient (Wildman–Crippen LogP) is 16.3. The lowest BCUT2D eigenvalue weighted by Crippen LogP contribution is -2.53. The van der Waals surface area contributed by atoms with E-state index in [2.05, 4.69) is 42.8 Å². The van der Waals surface area contributed by atoms with Crippen molar-refractivity contribution >= 4 is 18.0 Å². The minimum atomic E-state index is -0.0403. The topological polar surface area (TPSA) is 88.2 Å². The highest BCUT2D eigenvalue weighted by Gasteiger charge is 2.38. The van der Waals surface area contributed by atoms with Gasteiger partial charge in [-0.3, -0.25) is 9.59 Å². The fourth-order valence-electron chi connectivity index (χ4n) is 10.5. The van der Waals surface area contributed by atoms with Crippen molar-refractivity contribution in [1.29, 1.82) is 0 Å². The van der Waals surface area contributed by atoms with Gasteiger partial charge in [-0.05, 0) is 82.1 Å². The minimum absolute atomic E-state index is 0.0209. The molecule has 2 fully saturated rings. The van der Waals surface area contributed by atoms with E-state index in [1.807, 2.05) is 0 Å². The van der Waals surface area contributed by atoms with Crippen LogP contribution in [-0.4, -0.2) is 79.7 Å². The zero-order valence-electron chi connectivity index (χ0n) is 44.5. The van der Waals surface area contributed by atoms with Crippen LogP contribution < -0.4 is 5.32 Å². The van der Waals surface area contributed by atoms with Crippen molar-refractivity contribution in [3.8, 4) is 0 Å². The number of urea groups is 1. The third-order valence-corrected chi connectivity index (χ3v) is 15.1. The van der Waals surface area contributed by atoms with Crippen LogP contribution in [0.15, 0.2) is 0 Å². The molecule has 0 atom stereocenters. The molecular weight excluding hydrogens is 819 g/mol. The van der Waals surface area contributed by atoms with Crippen molar-refractivity contribution in [3.05, 3.63) is 0 Å². The van der Waals surface area contributed by atoms with E-state index >= 15 is 0 Å². The summed E-state index contributed by atoms with van der Waals surface area (Å²) in [5.41, 5.74) is 0. The normalized spacial score (nSPS) is 16.4. The van der Waals surface area contributed by atoms with Gasteiger partial charge in [0.25, 0.3) is 0 Å². The summed E-state index contributed by atoms with van der Waals surface area (Å²) in [6, 6.07) is 0.381. The van der Waals surface area contributed by atoms with Crippen molar-refractivity contribution in [2.75, 3.05) is 45.9 Å². The molecule has 1 heterocycles. The summed E-state index contributed by atoms with van der Waals surface area (Å²) in [4.78, 5) is 44.2. The molecular formula is C58H111N3O5. The molecule has 0 radical (unpaired) electrons. The van der Waals surface area contributed by atoms with Crippen LogP contribution in [0.4, 0.5) is 4.79 Å². The predicted molar refractivity (Wildman–Crippen MR) is 280 cm³/mol. The summed E-state index contributed by atoms with van der Waals surface area (Å²) in [6.45, 7) is 14.4. The zero-order valence-corrected chi connectivity index (χ0v) is 44.5. The first-order chi connectivity index (χ1) is 32.4. The van der Waals surface area contributed by atoms with Gasteiger partial charge in [-0.25, -0.2) is 4.79 Å². The molecule has 0 unspecified atom stereocenters. The van der Waals surface area contributed by atoms with Gasteiger partial charge >= 0.3 is 18.0 Å². The third kappa shape index (κ3) is 32.1. The molecule has 0 aromatic carbocycles. The molecule has 2 aliphatic rings. The van der Waals surface area contributed by atoms with E-state index in [1.54, 1.807) is 0 Å². The number of amides is 2. The second-order valence-electron chi connectivity index (χ2n) is 21.3.